The Labute approximate surface area is 271 Å². The van der Waals surface area contributed by atoms with Crippen LogP contribution < -0.4 is 19.1 Å². The van der Waals surface area contributed by atoms with Crippen molar-refractivity contribution in [3.05, 3.63) is 119 Å². The van der Waals surface area contributed by atoms with E-state index in [0.717, 1.165) is 22.2 Å². The van der Waals surface area contributed by atoms with E-state index in [1.807, 2.05) is 69.3 Å². The van der Waals surface area contributed by atoms with Crippen LogP contribution >= 0.6 is 11.3 Å². The molecule has 0 spiro atoms. The van der Waals surface area contributed by atoms with E-state index < -0.39 is 17.7 Å². The van der Waals surface area contributed by atoms with Gasteiger partial charge in [0, 0.05) is 5.56 Å². The lowest BCUT2D eigenvalue weighted by molar-refractivity contribution is -0.132. The predicted octanol–water partition coefficient (Wildman–Crippen LogP) is 8.00. The number of amides is 1. The fourth-order valence-electron chi connectivity index (χ4n) is 5.37. The van der Waals surface area contributed by atoms with Crippen molar-refractivity contribution in [2.75, 3.05) is 18.1 Å². The number of aryl methyl sites for hydroxylation is 1. The lowest BCUT2D eigenvalue weighted by atomic mass is 9.95. The highest BCUT2D eigenvalue weighted by molar-refractivity contribution is 7.22. The van der Waals surface area contributed by atoms with Crippen LogP contribution in [0.15, 0.2) is 96.6 Å². The second-order valence-corrected chi connectivity index (χ2v) is 11.9. The van der Waals surface area contributed by atoms with Gasteiger partial charge in [-0.05, 0) is 85.5 Å². The van der Waals surface area contributed by atoms with Crippen molar-refractivity contribution in [3.63, 3.8) is 0 Å². The van der Waals surface area contributed by atoms with Crippen molar-refractivity contribution in [1.29, 1.82) is 0 Å². The molecule has 1 aliphatic heterocycles. The van der Waals surface area contributed by atoms with Gasteiger partial charge in [0.2, 0.25) is 0 Å². The molecule has 5 aromatic rings. The Morgan fingerprint density at radius 3 is 2.41 bits per heavy atom. The Morgan fingerprint density at radius 1 is 0.891 bits per heavy atom. The van der Waals surface area contributed by atoms with Gasteiger partial charge in [-0.25, -0.2) is 4.98 Å². The predicted molar refractivity (Wildman–Crippen MR) is 180 cm³/mol. The maximum Gasteiger partial charge on any atom is 0.301 e. The molecule has 0 bridgehead atoms. The van der Waals surface area contributed by atoms with Crippen molar-refractivity contribution >= 4 is 44.1 Å². The summed E-state index contributed by atoms with van der Waals surface area (Å²) in [7, 11) is 0. The number of fused-ring (bicyclic) bond motifs is 1. The highest BCUT2D eigenvalue weighted by atomic mass is 32.1. The fraction of sp³-hybridized carbons (Fsp3) is 0.216. The Kier molecular flexibility index (Phi) is 9.03. The smallest absolute Gasteiger partial charge is 0.301 e. The second kappa shape index (κ2) is 13.5. The Morgan fingerprint density at radius 2 is 1.67 bits per heavy atom. The first-order chi connectivity index (χ1) is 22.4. The van der Waals surface area contributed by atoms with Crippen LogP contribution in [0.4, 0.5) is 5.13 Å². The SMILES string of the molecule is CCCOc1ccc(/C(O)=C2\C(=O)C(=O)N(c3nc4ccc(C)cc4s3)C2c2ccc(OCc3ccccc3)c(OCC)c2)cc1. The van der Waals surface area contributed by atoms with Crippen LogP contribution in [-0.2, 0) is 16.2 Å². The zero-order valence-corrected chi connectivity index (χ0v) is 26.7. The number of hydrogen-bond donors (Lipinski definition) is 1. The minimum Gasteiger partial charge on any atom is -0.507 e. The summed E-state index contributed by atoms with van der Waals surface area (Å²) in [4.78, 5) is 33.7. The summed E-state index contributed by atoms with van der Waals surface area (Å²) >= 11 is 1.32. The third-order valence-electron chi connectivity index (χ3n) is 7.60. The summed E-state index contributed by atoms with van der Waals surface area (Å²) in [6, 6.07) is 26.8. The number of ether oxygens (including phenoxy) is 3. The van der Waals surface area contributed by atoms with Gasteiger partial charge in [-0.3, -0.25) is 14.5 Å². The number of rotatable bonds is 11. The average Bonchev–Trinajstić information content (AvgIpc) is 3.60. The number of anilines is 1. The number of nitrogens with zero attached hydrogens (tertiary/aromatic N) is 2. The molecule has 1 amide bonds. The quantitative estimate of drug-likeness (QED) is 0.0893. The van der Waals surface area contributed by atoms with Crippen LogP contribution in [-0.4, -0.2) is 35.0 Å². The molecule has 6 rings (SSSR count). The van der Waals surface area contributed by atoms with Gasteiger partial charge in [0.1, 0.15) is 18.1 Å². The van der Waals surface area contributed by atoms with Gasteiger partial charge < -0.3 is 19.3 Å². The molecule has 0 aliphatic carbocycles. The topological polar surface area (TPSA) is 98.2 Å². The molecular formula is C37H34N2O6S. The third kappa shape index (κ3) is 6.19. The van der Waals surface area contributed by atoms with Crippen LogP contribution in [0.2, 0.25) is 0 Å². The van der Waals surface area contributed by atoms with Crippen molar-refractivity contribution < 1.29 is 28.9 Å². The summed E-state index contributed by atoms with van der Waals surface area (Å²) in [5, 5.41) is 12.0. The lowest BCUT2D eigenvalue weighted by Gasteiger charge is -2.24. The van der Waals surface area contributed by atoms with Crippen LogP contribution in [0.3, 0.4) is 0 Å². The highest BCUT2D eigenvalue weighted by Crippen LogP contribution is 2.46. The maximum atomic E-state index is 13.8. The van der Waals surface area contributed by atoms with E-state index in [9.17, 15) is 14.7 Å². The summed E-state index contributed by atoms with van der Waals surface area (Å²) in [6.45, 7) is 7.14. The number of aromatic nitrogens is 1. The Balaban J connectivity index is 1.46. The molecular weight excluding hydrogens is 600 g/mol. The molecule has 0 radical (unpaired) electrons. The number of ketones is 1. The van der Waals surface area contributed by atoms with Crippen molar-refractivity contribution in [2.24, 2.45) is 0 Å². The lowest BCUT2D eigenvalue weighted by Crippen LogP contribution is -2.29. The largest absolute Gasteiger partial charge is 0.507 e. The van der Waals surface area contributed by atoms with Gasteiger partial charge in [0.05, 0.1) is 35.0 Å². The summed E-state index contributed by atoms with van der Waals surface area (Å²) in [5.74, 6) is -0.234. The van der Waals surface area contributed by atoms with Gasteiger partial charge >= 0.3 is 5.91 Å². The molecule has 1 N–H and O–H groups in total. The monoisotopic (exact) mass is 634 g/mol. The second-order valence-electron chi connectivity index (χ2n) is 10.9. The van der Waals surface area contributed by atoms with Gasteiger partial charge in [-0.2, -0.15) is 0 Å². The Bertz CT molecular complexity index is 1920. The number of aliphatic hydroxyl groups excluding tert-OH is 1. The van der Waals surface area contributed by atoms with E-state index in [4.69, 9.17) is 19.2 Å². The van der Waals surface area contributed by atoms with Crippen LogP contribution in [0, 0.1) is 6.92 Å². The molecule has 234 valence electrons. The Hall–Kier alpha value is -5.15. The fourth-order valence-corrected chi connectivity index (χ4v) is 6.46. The molecule has 1 fully saturated rings. The molecule has 46 heavy (non-hydrogen) atoms. The molecule has 1 saturated heterocycles. The number of carbonyl (C=O) groups is 2. The van der Waals surface area contributed by atoms with Gasteiger partial charge in [-0.15, -0.1) is 0 Å². The maximum absolute atomic E-state index is 13.8. The molecule has 9 heteroatoms. The molecule has 4 aromatic carbocycles. The van der Waals surface area contributed by atoms with Gasteiger partial charge in [0.25, 0.3) is 5.78 Å². The zero-order valence-electron chi connectivity index (χ0n) is 25.9. The molecule has 1 aliphatic rings. The first kappa shape index (κ1) is 30.9. The standard InChI is InChI=1S/C37H34N2O6S/c1-4-19-44-27-15-12-25(13-16-27)34(40)32-33(39(36(42)35(32)41)37-38-28-17-11-23(3)20-31(28)46-37)26-14-18-29(30(21-26)43-5-2)45-22-24-9-7-6-8-10-24/h6-18,20-21,33,40H,4-5,19,22H2,1-3H3/b34-32+. The van der Waals surface area contributed by atoms with E-state index in [-0.39, 0.29) is 11.3 Å². The van der Waals surface area contributed by atoms with Crippen molar-refractivity contribution in [1.82, 2.24) is 4.98 Å². The van der Waals surface area contributed by atoms with Crippen molar-refractivity contribution in [3.8, 4) is 17.2 Å². The van der Waals surface area contributed by atoms with E-state index in [1.54, 1.807) is 42.5 Å². The van der Waals surface area contributed by atoms with Crippen molar-refractivity contribution in [2.45, 2.75) is 39.8 Å². The van der Waals surface area contributed by atoms with E-state index in [0.29, 0.717) is 58.8 Å². The number of hydrogen-bond acceptors (Lipinski definition) is 8. The van der Waals surface area contributed by atoms with E-state index in [1.165, 1.54) is 16.2 Å². The third-order valence-corrected chi connectivity index (χ3v) is 8.62. The number of carbonyl (C=O) groups excluding carboxylic acids is 2. The number of thiazole rings is 1. The first-order valence-electron chi connectivity index (χ1n) is 15.2. The summed E-state index contributed by atoms with van der Waals surface area (Å²) in [6.07, 6.45) is 0.857. The highest BCUT2D eigenvalue weighted by Gasteiger charge is 2.48. The zero-order chi connectivity index (χ0) is 32.2. The summed E-state index contributed by atoms with van der Waals surface area (Å²) in [5.41, 5.74) is 3.69. The number of Topliss-reactive ketones (excluding diaryl/α,β-unsaturated/α-hetero) is 1. The van der Waals surface area contributed by atoms with Gasteiger partial charge in [0.15, 0.2) is 16.6 Å². The normalized spacial score (nSPS) is 15.8. The molecule has 2 heterocycles. The summed E-state index contributed by atoms with van der Waals surface area (Å²) < 4.78 is 18.7. The van der Waals surface area contributed by atoms with E-state index >= 15 is 0 Å². The van der Waals surface area contributed by atoms with E-state index in [2.05, 4.69) is 0 Å². The number of benzene rings is 4. The minimum absolute atomic E-state index is 0.0388. The molecule has 1 aromatic heterocycles. The average molecular weight is 635 g/mol. The molecule has 0 saturated carbocycles. The van der Waals surface area contributed by atoms with Crippen LogP contribution in [0.1, 0.15) is 48.6 Å². The first-order valence-corrected chi connectivity index (χ1v) is 16.0. The molecule has 8 nitrogen and oxygen atoms in total. The number of aliphatic hydroxyl groups is 1. The van der Waals surface area contributed by atoms with Crippen LogP contribution in [0.5, 0.6) is 17.2 Å². The minimum atomic E-state index is -0.972. The molecule has 1 atom stereocenters. The van der Waals surface area contributed by atoms with Crippen LogP contribution in [0.25, 0.3) is 16.0 Å². The van der Waals surface area contributed by atoms with Gasteiger partial charge in [-0.1, -0.05) is 60.7 Å². The molecule has 1 unspecified atom stereocenters.